The van der Waals surface area contributed by atoms with Crippen molar-refractivity contribution >= 4 is 17.1 Å². The van der Waals surface area contributed by atoms with Crippen LogP contribution in [-0.2, 0) is 0 Å². The van der Waals surface area contributed by atoms with E-state index in [9.17, 15) is 10.1 Å². The van der Waals surface area contributed by atoms with E-state index >= 15 is 0 Å². The largest absolute Gasteiger partial charge is 0.391 e. The molecule has 6 nitrogen and oxygen atoms in total. The molecule has 0 aliphatic carbocycles. The molecule has 6 heteroatoms. The quantitative estimate of drug-likeness (QED) is 0.400. The van der Waals surface area contributed by atoms with Gasteiger partial charge in [-0.15, -0.1) is 0 Å². The smallest absolute Gasteiger partial charge is 0.292 e. The van der Waals surface area contributed by atoms with E-state index in [2.05, 4.69) is 10.6 Å². The van der Waals surface area contributed by atoms with Gasteiger partial charge in [0.15, 0.2) is 0 Å². The molecule has 0 aliphatic rings. The van der Waals surface area contributed by atoms with Gasteiger partial charge in [0.1, 0.15) is 5.69 Å². The summed E-state index contributed by atoms with van der Waals surface area (Å²) in [6.45, 7) is 4.86. The third-order valence-electron chi connectivity index (χ3n) is 2.42. The molecule has 0 fully saturated rings. The molecule has 0 spiro atoms. The number of nitro groups is 1. The molecule has 0 amide bonds. The van der Waals surface area contributed by atoms with Gasteiger partial charge in [0.05, 0.1) is 17.2 Å². The van der Waals surface area contributed by atoms with Gasteiger partial charge in [-0.25, -0.2) is 0 Å². The molecule has 3 N–H and O–H groups in total. The molecule has 102 valence electrons. The molecule has 1 aromatic rings. The topological polar surface area (TPSA) is 91.1 Å². The maximum absolute atomic E-state index is 10.9. The molecule has 0 radical (unpaired) electrons. The number of hydrogen-bond acceptors (Lipinski definition) is 5. The summed E-state index contributed by atoms with van der Waals surface area (Å²) in [5.74, 6) is 0. The maximum atomic E-state index is 10.9. The van der Waals surface area contributed by atoms with Crippen LogP contribution in [-0.4, -0.2) is 23.7 Å². The van der Waals surface area contributed by atoms with Crippen molar-refractivity contribution in [1.82, 2.24) is 5.32 Å². The van der Waals surface area contributed by atoms with Crippen LogP contribution in [0.1, 0.15) is 12.5 Å². The highest BCUT2D eigenvalue weighted by atomic mass is 16.6. The van der Waals surface area contributed by atoms with Gasteiger partial charge in [0, 0.05) is 12.6 Å². The molecule has 0 saturated heterocycles. The van der Waals surface area contributed by atoms with Crippen LogP contribution in [0.3, 0.4) is 0 Å². The van der Waals surface area contributed by atoms with Crippen LogP contribution >= 0.6 is 0 Å². The second-order valence-electron chi connectivity index (χ2n) is 4.05. The summed E-state index contributed by atoms with van der Waals surface area (Å²) in [7, 11) is 0. The van der Waals surface area contributed by atoms with Crippen LogP contribution in [0.25, 0.3) is 0 Å². The molecule has 0 heterocycles. The van der Waals surface area contributed by atoms with Crippen molar-refractivity contribution in [2.45, 2.75) is 13.8 Å². The minimum Gasteiger partial charge on any atom is -0.391 e. The van der Waals surface area contributed by atoms with Crippen LogP contribution in [0, 0.1) is 22.4 Å². The molecular weight excluding hydrogens is 244 g/mol. The molecule has 0 saturated carbocycles. The van der Waals surface area contributed by atoms with Gasteiger partial charge in [-0.2, -0.15) is 0 Å². The summed E-state index contributed by atoms with van der Waals surface area (Å²) in [5, 5.41) is 24.4. The number of nitrogens with zero attached hydrogens (tertiary/aromatic N) is 1. The van der Waals surface area contributed by atoms with Gasteiger partial charge < -0.3 is 16.0 Å². The van der Waals surface area contributed by atoms with Gasteiger partial charge in [0.25, 0.3) is 5.69 Å². The van der Waals surface area contributed by atoms with Crippen LogP contribution in [0.15, 0.2) is 30.5 Å². The van der Waals surface area contributed by atoms with Crippen molar-refractivity contribution in [2.24, 2.45) is 0 Å². The van der Waals surface area contributed by atoms with Crippen molar-refractivity contribution < 1.29 is 4.92 Å². The van der Waals surface area contributed by atoms with E-state index < -0.39 is 4.92 Å². The van der Waals surface area contributed by atoms with Gasteiger partial charge in [-0.1, -0.05) is 6.07 Å². The lowest BCUT2D eigenvalue weighted by Gasteiger charge is -2.07. The molecule has 0 aliphatic heterocycles. The predicted molar refractivity (Wildman–Crippen MR) is 76.9 cm³/mol. The first-order valence-corrected chi connectivity index (χ1v) is 6.01. The van der Waals surface area contributed by atoms with Crippen molar-refractivity contribution in [3.8, 4) is 0 Å². The van der Waals surface area contributed by atoms with E-state index in [0.29, 0.717) is 11.4 Å². The van der Waals surface area contributed by atoms with E-state index in [4.69, 9.17) is 5.41 Å². The molecule has 0 unspecified atom stereocenters. The Morgan fingerprint density at radius 2 is 2.26 bits per heavy atom. The first kappa shape index (κ1) is 14.7. The maximum Gasteiger partial charge on any atom is 0.292 e. The van der Waals surface area contributed by atoms with Crippen molar-refractivity contribution in [2.75, 3.05) is 18.4 Å². The number of nitro benzene ring substituents is 1. The van der Waals surface area contributed by atoms with Gasteiger partial charge >= 0.3 is 0 Å². The second kappa shape index (κ2) is 7.15. The Balaban J connectivity index is 2.69. The molecule has 19 heavy (non-hydrogen) atoms. The summed E-state index contributed by atoms with van der Waals surface area (Å²) in [6, 6.07) is 4.87. The number of aryl methyl sites for hydroxylation is 1. The average Bonchev–Trinajstić information content (AvgIpc) is 2.36. The van der Waals surface area contributed by atoms with Crippen LogP contribution in [0.4, 0.5) is 11.4 Å². The Morgan fingerprint density at radius 3 is 2.89 bits per heavy atom. The third-order valence-corrected chi connectivity index (χ3v) is 2.42. The first-order valence-electron chi connectivity index (χ1n) is 6.01. The predicted octanol–water partition coefficient (Wildman–Crippen LogP) is 2.46. The SMILES string of the molecule is CCN/C=C\C(=N)CNc1cc(C)ccc1[N+](=O)[O-]. The molecular formula is C13H18N4O2. The first-order chi connectivity index (χ1) is 9.04. The van der Waals surface area contributed by atoms with E-state index in [1.807, 2.05) is 13.8 Å². The molecule has 0 aromatic heterocycles. The average molecular weight is 262 g/mol. The Hall–Kier alpha value is -2.37. The summed E-state index contributed by atoms with van der Waals surface area (Å²) in [5.41, 5.74) is 1.74. The standard InChI is InChI=1S/C13H18N4O2/c1-3-15-7-6-11(14)9-16-12-8-10(2)4-5-13(12)17(18)19/h4-8,14-16H,3,9H2,1-2H3/b7-6-,14-11?. The number of benzene rings is 1. The zero-order chi connectivity index (χ0) is 14.3. The number of nitrogens with one attached hydrogen (secondary N) is 3. The lowest BCUT2D eigenvalue weighted by atomic mass is 10.2. The molecule has 0 atom stereocenters. The molecule has 1 rings (SSSR count). The van der Waals surface area contributed by atoms with Crippen molar-refractivity contribution in [3.63, 3.8) is 0 Å². The highest BCUT2D eigenvalue weighted by Crippen LogP contribution is 2.24. The van der Waals surface area contributed by atoms with E-state index in [1.54, 1.807) is 24.4 Å². The van der Waals surface area contributed by atoms with Crippen LogP contribution < -0.4 is 10.6 Å². The van der Waals surface area contributed by atoms with Gasteiger partial charge in [0.2, 0.25) is 0 Å². The number of rotatable bonds is 7. The fourth-order valence-corrected chi connectivity index (χ4v) is 1.48. The van der Waals surface area contributed by atoms with E-state index in [-0.39, 0.29) is 12.2 Å². The minimum absolute atomic E-state index is 0.0223. The van der Waals surface area contributed by atoms with Crippen LogP contribution in [0.2, 0.25) is 0 Å². The van der Waals surface area contributed by atoms with Crippen molar-refractivity contribution in [1.29, 1.82) is 5.41 Å². The zero-order valence-corrected chi connectivity index (χ0v) is 11.1. The lowest BCUT2D eigenvalue weighted by molar-refractivity contribution is -0.384. The Morgan fingerprint density at radius 1 is 1.53 bits per heavy atom. The Bertz CT molecular complexity index is 497. The fraction of sp³-hybridized carbons (Fsp3) is 0.308. The second-order valence-corrected chi connectivity index (χ2v) is 4.05. The highest BCUT2D eigenvalue weighted by Gasteiger charge is 2.12. The zero-order valence-electron chi connectivity index (χ0n) is 11.1. The van der Waals surface area contributed by atoms with Gasteiger partial charge in [-0.3, -0.25) is 10.1 Å². The van der Waals surface area contributed by atoms with Gasteiger partial charge in [-0.05, 0) is 37.8 Å². The fourth-order valence-electron chi connectivity index (χ4n) is 1.48. The minimum atomic E-state index is -0.431. The highest BCUT2D eigenvalue weighted by molar-refractivity contribution is 5.95. The normalized spacial score (nSPS) is 10.4. The summed E-state index contributed by atoms with van der Waals surface area (Å²) < 4.78 is 0. The summed E-state index contributed by atoms with van der Waals surface area (Å²) in [6.07, 6.45) is 3.31. The molecule has 1 aromatic carbocycles. The Labute approximate surface area is 112 Å². The third kappa shape index (κ3) is 4.79. The van der Waals surface area contributed by atoms with E-state index in [1.165, 1.54) is 6.07 Å². The summed E-state index contributed by atoms with van der Waals surface area (Å²) >= 11 is 0. The Kier molecular flexibility index (Phi) is 5.53. The van der Waals surface area contributed by atoms with Crippen molar-refractivity contribution in [3.05, 3.63) is 46.2 Å². The monoisotopic (exact) mass is 262 g/mol. The number of hydrogen-bond donors (Lipinski definition) is 3. The molecule has 0 bridgehead atoms. The van der Waals surface area contributed by atoms with E-state index in [0.717, 1.165) is 12.1 Å². The number of anilines is 1. The van der Waals surface area contributed by atoms with Crippen LogP contribution in [0.5, 0.6) is 0 Å². The lowest BCUT2D eigenvalue weighted by Crippen LogP contribution is -2.13. The summed E-state index contributed by atoms with van der Waals surface area (Å²) in [4.78, 5) is 10.4.